The number of hydrogen-bond acceptors (Lipinski definition) is 5. The first-order valence-electron chi connectivity index (χ1n) is 7.15. The van der Waals surface area contributed by atoms with Crippen molar-refractivity contribution in [2.75, 3.05) is 19.5 Å². The zero-order chi connectivity index (χ0) is 18.2. The molecule has 7 nitrogen and oxygen atoms in total. The van der Waals surface area contributed by atoms with E-state index in [1.54, 1.807) is 42.5 Å². The van der Waals surface area contributed by atoms with Gasteiger partial charge in [0.1, 0.15) is 11.5 Å². The highest BCUT2D eigenvalue weighted by Crippen LogP contribution is 2.28. The minimum absolute atomic E-state index is 0.335. The van der Waals surface area contributed by atoms with Crippen LogP contribution in [0.4, 0.5) is 5.69 Å². The Morgan fingerprint density at radius 2 is 1.88 bits per heavy atom. The lowest BCUT2D eigenvalue weighted by Gasteiger charge is -2.10. The van der Waals surface area contributed by atoms with Crippen LogP contribution in [0.25, 0.3) is 0 Å². The number of halogens is 1. The zero-order valence-corrected chi connectivity index (χ0v) is 14.3. The van der Waals surface area contributed by atoms with Crippen molar-refractivity contribution in [3.8, 4) is 11.5 Å². The molecule has 0 bridgehead atoms. The number of methoxy groups -OCH3 is 2. The van der Waals surface area contributed by atoms with E-state index in [1.807, 2.05) is 0 Å². The number of amides is 2. The second-order valence-corrected chi connectivity index (χ2v) is 5.21. The molecule has 0 aliphatic heterocycles. The summed E-state index contributed by atoms with van der Waals surface area (Å²) in [5.41, 5.74) is 3.16. The molecule has 2 N–H and O–H groups in total. The highest BCUT2D eigenvalue weighted by Gasteiger charge is 2.15. The standard InChI is InChI=1S/C17H16ClN3O4/c1-24-13-6-7-14(15(9-13)25-2)20-16(22)17(23)21-19-10-11-4-3-5-12(18)8-11/h3-10H,1-2H3,(H,20,22)(H,21,23)/b19-10-. The number of hydrogen-bond donors (Lipinski definition) is 2. The van der Waals surface area contributed by atoms with Crippen molar-refractivity contribution >= 4 is 35.3 Å². The largest absolute Gasteiger partial charge is 0.497 e. The van der Waals surface area contributed by atoms with E-state index in [0.717, 1.165) is 0 Å². The average Bonchev–Trinajstić information content (AvgIpc) is 2.62. The average molecular weight is 362 g/mol. The minimum Gasteiger partial charge on any atom is -0.497 e. The van der Waals surface area contributed by atoms with Crippen LogP contribution >= 0.6 is 11.6 Å². The van der Waals surface area contributed by atoms with E-state index in [0.29, 0.717) is 27.8 Å². The first-order valence-corrected chi connectivity index (χ1v) is 7.53. The van der Waals surface area contributed by atoms with Gasteiger partial charge in [-0.15, -0.1) is 0 Å². The fourth-order valence-corrected chi connectivity index (χ4v) is 2.08. The molecule has 0 atom stereocenters. The third kappa shape index (κ3) is 5.22. The van der Waals surface area contributed by atoms with E-state index in [2.05, 4.69) is 15.8 Å². The van der Waals surface area contributed by atoms with Crippen molar-refractivity contribution in [3.63, 3.8) is 0 Å². The van der Waals surface area contributed by atoms with Crippen LogP contribution in [0.2, 0.25) is 5.02 Å². The predicted molar refractivity (Wildman–Crippen MR) is 95.4 cm³/mol. The van der Waals surface area contributed by atoms with Gasteiger partial charge >= 0.3 is 11.8 Å². The van der Waals surface area contributed by atoms with Crippen LogP contribution in [-0.4, -0.2) is 32.2 Å². The van der Waals surface area contributed by atoms with Gasteiger partial charge in [0.25, 0.3) is 0 Å². The molecule has 0 spiro atoms. The Labute approximate surface area is 149 Å². The molecule has 0 heterocycles. The van der Waals surface area contributed by atoms with Crippen LogP contribution < -0.4 is 20.2 Å². The van der Waals surface area contributed by atoms with Crippen LogP contribution in [0.3, 0.4) is 0 Å². The van der Waals surface area contributed by atoms with Crippen molar-refractivity contribution in [3.05, 3.63) is 53.1 Å². The molecular weight excluding hydrogens is 346 g/mol. The SMILES string of the molecule is COc1ccc(NC(=O)C(=O)N/N=C\c2cccc(Cl)c2)c(OC)c1. The normalized spacial score (nSPS) is 10.4. The van der Waals surface area contributed by atoms with Crippen molar-refractivity contribution < 1.29 is 19.1 Å². The predicted octanol–water partition coefficient (Wildman–Crippen LogP) is 2.45. The van der Waals surface area contributed by atoms with E-state index in [-0.39, 0.29) is 0 Å². The Morgan fingerprint density at radius 1 is 1.08 bits per heavy atom. The number of nitrogens with one attached hydrogen (secondary N) is 2. The summed E-state index contributed by atoms with van der Waals surface area (Å²) in [5.74, 6) is -0.879. The van der Waals surface area contributed by atoms with E-state index >= 15 is 0 Å². The topological polar surface area (TPSA) is 89.0 Å². The van der Waals surface area contributed by atoms with Gasteiger partial charge in [-0.25, -0.2) is 5.43 Å². The van der Waals surface area contributed by atoms with Crippen LogP contribution in [0.5, 0.6) is 11.5 Å². The van der Waals surface area contributed by atoms with Gasteiger partial charge in [-0.2, -0.15) is 5.10 Å². The molecule has 0 aliphatic carbocycles. The van der Waals surface area contributed by atoms with Gasteiger partial charge < -0.3 is 14.8 Å². The number of nitrogens with zero attached hydrogens (tertiary/aromatic N) is 1. The summed E-state index contributed by atoms with van der Waals surface area (Å²) in [6.45, 7) is 0. The van der Waals surface area contributed by atoms with Crippen molar-refractivity contribution in [1.82, 2.24) is 5.43 Å². The molecule has 0 fully saturated rings. The molecule has 0 aromatic heterocycles. The van der Waals surface area contributed by atoms with Crippen molar-refractivity contribution in [2.45, 2.75) is 0 Å². The molecule has 0 radical (unpaired) electrons. The van der Waals surface area contributed by atoms with E-state index in [1.165, 1.54) is 20.4 Å². The monoisotopic (exact) mass is 361 g/mol. The summed E-state index contributed by atoms with van der Waals surface area (Å²) in [5, 5.41) is 6.71. The van der Waals surface area contributed by atoms with Gasteiger partial charge in [-0.1, -0.05) is 23.7 Å². The Morgan fingerprint density at radius 3 is 2.56 bits per heavy atom. The Balaban J connectivity index is 1.97. The van der Waals surface area contributed by atoms with Gasteiger partial charge in [0.2, 0.25) is 0 Å². The van der Waals surface area contributed by atoms with Crippen LogP contribution in [-0.2, 0) is 9.59 Å². The Kier molecular flexibility index (Phi) is 6.36. The fraction of sp³-hybridized carbons (Fsp3) is 0.118. The lowest BCUT2D eigenvalue weighted by atomic mass is 10.2. The maximum Gasteiger partial charge on any atom is 0.329 e. The maximum absolute atomic E-state index is 11.9. The third-order valence-corrected chi connectivity index (χ3v) is 3.33. The molecule has 0 saturated carbocycles. The fourth-order valence-electron chi connectivity index (χ4n) is 1.88. The summed E-state index contributed by atoms with van der Waals surface area (Å²) in [6, 6.07) is 11.7. The number of carbonyl (C=O) groups excluding carboxylic acids is 2. The van der Waals surface area contributed by atoms with E-state index in [4.69, 9.17) is 21.1 Å². The first kappa shape index (κ1) is 18.3. The van der Waals surface area contributed by atoms with E-state index < -0.39 is 11.8 Å². The Bertz CT molecular complexity index is 808. The van der Waals surface area contributed by atoms with Gasteiger partial charge in [0, 0.05) is 11.1 Å². The highest BCUT2D eigenvalue weighted by atomic mass is 35.5. The second kappa shape index (κ2) is 8.70. The number of ether oxygens (including phenoxy) is 2. The molecule has 2 amide bonds. The summed E-state index contributed by atoms with van der Waals surface area (Å²) in [7, 11) is 2.96. The molecule has 0 aliphatic rings. The summed E-state index contributed by atoms with van der Waals surface area (Å²) < 4.78 is 10.2. The van der Waals surface area contributed by atoms with Gasteiger partial charge in [0.05, 0.1) is 26.1 Å². The molecule has 2 aromatic rings. The smallest absolute Gasteiger partial charge is 0.329 e. The summed E-state index contributed by atoms with van der Waals surface area (Å²) >= 11 is 5.84. The van der Waals surface area contributed by atoms with Crippen LogP contribution in [0.15, 0.2) is 47.6 Å². The molecule has 0 unspecified atom stereocenters. The minimum atomic E-state index is -0.920. The van der Waals surface area contributed by atoms with E-state index in [9.17, 15) is 9.59 Å². The quantitative estimate of drug-likeness (QED) is 0.486. The number of anilines is 1. The zero-order valence-electron chi connectivity index (χ0n) is 13.6. The van der Waals surface area contributed by atoms with Crippen LogP contribution in [0, 0.1) is 0 Å². The summed E-state index contributed by atoms with van der Waals surface area (Å²) in [4.78, 5) is 23.7. The van der Waals surface area contributed by atoms with Gasteiger partial charge in [-0.3, -0.25) is 9.59 Å². The number of hydrazone groups is 1. The van der Waals surface area contributed by atoms with Crippen molar-refractivity contribution in [2.24, 2.45) is 5.10 Å². The molecule has 2 rings (SSSR count). The number of rotatable bonds is 5. The first-order chi connectivity index (χ1) is 12.0. The number of benzene rings is 2. The Hall–Kier alpha value is -3.06. The molecule has 130 valence electrons. The van der Waals surface area contributed by atoms with Crippen LogP contribution in [0.1, 0.15) is 5.56 Å². The van der Waals surface area contributed by atoms with Crippen molar-refractivity contribution in [1.29, 1.82) is 0 Å². The van der Waals surface area contributed by atoms with Gasteiger partial charge in [-0.05, 0) is 29.8 Å². The molecule has 8 heteroatoms. The number of carbonyl (C=O) groups is 2. The second-order valence-electron chi connectivity index (χ2n) is 4.77. The maximum atomic E-state index is 11.9. The molecule has 2 aromatic carbocycles. The molecular formula is C17H16ClN3O4. The lowest BCUT2D eigenvalue weighted by molar-refractivity contribution is -0.136. The highest BCUT2D eigenvalue weighted by molar-refractivity contribution is 6.39. The molecule has 25 heavy (non-hydrogen) atoms. The summed E-state index contributed by atoms with van der Waals surface area (Å²) in [6.07, 6.45) is 1.38. The molecule has 0 saturated heterocycles. The van der Waals surface area contributed by atoms with Gasteiger partial charge in [0.15, 0.2) is 0 Å². The lowest BCUT2D eigenvalue weighted by Crippen LogP contribution is -2.32. The third-order valence-electron chi connectivity index (χ3n) is 3.09.